The summed E-state index contributed by atoms with van der Waals surface area (Å²) in [6.07, 6.45) is 7.28. The van der Waals surface area contributed by atoms with Crippen molar-refractivity contribution in [1.29, 1.82) is 0 Å². The Hall–Kier alpha value is -5.06. The predicted octanol–water partition coefficient (Wildman–Crippen LogP) is 5.83. The number of benzene rings is 1. The van der Waals surface area contributed by atoms with E-state index in [1.54, 1.807) is 24.2 Å². The monoisotopic (exact) mass is 640 g/mol. The molecule has 0 spiro atoms. The number of hydrogen-bond acceptors (Lipinski definition) is 8. The number of aryl methyl sites for hydroxylation is 2. The molecule has 2 aromatic heterocycles. The van der Waals surface area contributed by atoms with Crippen LogP contribution in [0.25, 0.3) is 5.57 Å². The van der Waals surface area contributed by atoms with Crippen LogP contribution in [0, 0.1) is 26.7 Å². The van der Waals surface area contributed by atoms with Crippen LogP contribution in [0.4, 0.5) is 17.2 Å². The summed E-state index contributed by atoms with van der Waals surface area (Å²) in [5, 5.41) is 20.1. The van der Waals surface area contributed by atoms with Crippen molar-refractivity contribution in [3.63, 3.8) is 0 Å². The van der Waals surface area contributed by atoms with Crippen molar-refractivity contribution in [3.8, 4) is 0 Å². The van der Waals surface area contributed by atoms with Crippen LogP contribution < -0.4 is 21.3 Å². The Bertz CT molecular complexity index is 1640. The number of hydrogen-bond donors (Lipinski definition) is 4. The minimum Gasteiger partial charge on any atom is -0.376 e. The van der Waals surface area contributed by atoms with Crippen LogP contribution in [0.5, 0.6) is 0 Å². The number of anilines is 3. The lowest BCUT2D eigenvalue weighted by molar-refractivity contribution is -0.126. The van der Waals surface area contributed by atoms with E-state index in [-0.39, 0.29) is 29.2 Å². The van der Waals surface area contributed by atoms with Gasteiger partial charge in [0.25, 0.3) is 11.8 Å². The number of aromatic nitrogens is 3. The molecular formula is C36H48N8O3. The van der Waals surface area contributed by atoms with Gasteiger partial charge in [-0.1, -0.05) is 45.9 Å². The third-order valence-corrected chi connectivity index (χ3v) is 7.78. The molecule has 11 heteroatoms. The minimum atomic E-state index is -0.399. The maximum Gasteiger partial charge on any atom is 0.273 e. The Balaban J connectivity index is 0.00000144. The lowest BCUT2D eigenvalue weighted by atomic mass is 9.96. The molecule has 4 N–H and O–H groups in total. The van der Waals surface area contributed by atoms with Gasteiger partial charge in [0.1, 0.15) is 5.70 Å². The highest BCUT2D eigenvalue weighted by Gasteiger charge is 2.30. The number of likely N-dealkylation sites (N-methyl/N-ethyl adjacent to an activating group) is 1. The maximum absolute atomic E-state index is 13.2. The lowest BCUT2D eigenvalue weighted by Gasteiger charge is -2.24. The molecule has 0 saturated heterocycles. The van der Waals surface area contributed by atoms with E-state index in [2.05, 4.69) is 36.4 Å². The van der Waals surface area contributed by atoms with E-state index in [0.717, 1.165) is 52.0 Å². The van der Waals surface area contributed by atoms with E-state index >= 15 is 0 Å². The van der Waals surface area contributed by atoms with Gasteiger partial charge in [0.15, 0.2) is 11.5 Å². The average molecular weight is 641 g/mol. The van der Waals surface area contributed by atoms with Crippen molar-refractivity contribution in [2.75, 3.05) is 31.3 Å². The summed E-state index contributed by atoms with van der Waals surface area (Å²) in [4.78, 5) is 44.1. The van der Waals surface area contributed by atoms with Gasteiger partial charge in [0, 0.05) is 56.7 Å². The fraction of sp³-hybridized carbons (Fsp3) is 0.389. The van der Waals surface area contributed by atoms with Gasteiger partial charge in [0.2, 0.25) is 5.91 Å². The SMILES string of the molecule is CC.CC.CNC(=O)c1nnc(NC(=O)C2CC2)cc1Nc1cccc(C2=CC=C(C(=O)N(C)Cc3c(C)ccnc3C)NC2)c1C. The van der Waals surface area contributed by atoms with Crippen molar-refractivity contribution in [1.82, 2.24) is 30.7 Å². The molecule has 3 amide bonds. The first-order valence-corrected chi connectivity index (χ1v) is 16.2. The molecule has 5 rings (SSSR count). The zero-order chi connectivity index (χ0) is 34.7. The van der Waals surface area contributed by atoms with Gasteiger partial charge in [-0.25, -0.2) is 0 Å². The second-order valence-electron chi connectivity index (χ2n) is 10.9. The van der Waals surface area contributed by atoms with Crippen molar-refractivity contribution in [2.45, 2.75) is 67.9 Å². The van der Waals surface area contributed by atoms with Crippen LogP contribution in [0.2, 0.25) is 0 Å². The lowest BCUT2D eigenvalue weighted by Crippen LogP contribution is -2.35. The van der Waals surface area contributed by atoms with Gasteiger partial charge < -0.3 is 26.2 Å². The molecular weight excluding hydrogens is 592 g/mol. The van der Waals surface area contributed by atoms with Crippen LogP contribution in [0.3, 0.4) is 0 Å². The van der Waals surface area contributed by atoms with E-state index in [9.17, 15) is 14.4 Å². The summed E-state index contributed by atoms with van der Waals surface area (Å²) >= 11 is 0. The summed E-state index contributed by atoms with van der Waals surface area (Å²) in [6.45, 7) is 14.9. The number of nitrogens with zero attached hydrogens (tertiary/aromatic N) is 4. The normalized spacial score (nSPS) is 13.2. The van der Waals surface area contributed by atoms with E-state index in [4.69, 9.17) is 0 Å². The molecule has 1 aromatic carbocycles. The van der Waals surface area contributed by atoms with Crippen LogP contribution >= 0.6 is 0 Å². The molecule has 250 valence electrons. The molecule has 0 atom stereocenters. The van der Waals surface area contributed by atoms with Crippen molar-refractivity contribution >= 4 is 40.5 Å². The summed E-state index contributed by atoms with van der Waals surface area (Å²) < 4.78 is 0. The summed E-state index contributed by atoms with van der Waals surface area (Å²) in [5.74, 6) is -0.304. The number of dihydropyridines is 1. The first kappa shape index (κ1) is 36.4. The van der Waals surface area contributed by atoms with Gasteiger partial charge in [-0.15, -0.1) is 10.2 Å². The van der Waals surface area contributed by atoms with E-state index in [1.807, 2.05) is 84.9 Å². The molecule has 0 radical (unpaired) electrons. The molecule has 3 heterocycles. The number of nitrogens with one attached hydrogen (secondary N) is 4. The largest absolute Gasteiger partial charge is 0.376 e. The average Bonchev–Trinajstić information content (AvgIpc) is 3.95. The highest BCUT2D eigenvalue weighted by Crippen LogP contribution is 2.32. The van der Waals surface area contributed by atoms with Gasteiger partial charge in [-0.3, -0.25) is 19.4 Å². The molecule has 1 saturated carbocycles. The standard InChI is InChI=1S/C32H36N8O3.2C2H6/c1-18-13-14-34-20(3)24(18)17-40(5)32(43)26-12-11-22(16-35-26)23-7-6-8-25(19(23)2)36-27-15-28(37-30(41)21-9-10-21)38-39-29(27)31(42)33-4;2*1-2/h6-8,11-15,21,35H,9-10,16-17H2,1-5H3,(H,33,42)(H2,36,37,38,41);2*1-2H3. The summed E-state index contributed by atoms with van der Waals surface area (Å²) in [7, 11) is 3.31. The maximum atomic E-state index is 13.2. The van der Waals surface area contributed by atoms with Crippen molar-refractivity contribution in [2.24, 2.45) is 5.92 Å². The number of pyridine rings is 1. The third-order valence-electron chi connectivity index (χ3n) is 7.78. The van der Waals surface area contributed by atoms with Crippen molar-refractivity contribution in [3.05, 3.63) is 88.0 Å². The molecule has 3 aromatic rings. The van der Waals surface area contributed by atoms with Crippen LogP contribution in [-0.2, 0) is 16.1 Å². The number of carbonyl (C=O) groups excluding carboxylic acids is 3. The Morgan fingerprint density at radius 3 is 2.32 bits per heavy atom. The Labute approximate surface area is 278 Å². The fourth-order valence-electron chi connectivity index (χ4n) is 4.97. The van der Waals surface area contributed by atoms with Crippen LogP contribution in [0.15, 0.2) is 54.4 Å². The van der Waals surface area contributed by atoms with Crippen molar-refractivity contribution < 1.29 is 14.4 Å². The number of amides is 3. The number of rotatable bonds is 9. The predicted molar refractivity (Wildman–Crippen MR) is 188 cm³/mol. The van der Waals surface area contributed by atoms with Crippen LogP contribution in [-0.4, -0.2) is 58.4 Å². The molecule has 0 unspecified atom stereocenters. The first-order chi connectivity index (χ1) is 22.7. The number of carbonyl (C=O) groups is 3. The molecule has 1 aliphatic carbocycles. The first-order valence-electron chi connectivity index (χ1n) is 16.2. The highest BCUT2D eigenvalue weighted by atomic mass is 16.2. The molecule has 47 heavy (non-hydrogen) atoms. The Morgan fingerprint density at radius 2 is 1.70 bits per heavy atom. The zero-order valence-electron chi connectivity index (χ0n) is 29.0. The smallest absolute Gasteiger partial charge is 0.273 e. The molecule has 1 aliphatic heterocycles. The van der Waals surface area contributed by atoms with E-state index in [1.165, 1.54) is 7.05 Å². The quantitative estimate of drug-likeness (QED) is 0.229. The Kier molecular flexibility index (Phi) is 13.2. The molecule has 0 bridgehead atoms. The topological polar surface area (TPSA) is 141 Å². The van der Waals surface area contributed by atoms with E-state index in [0.29, 0.717) is 24.5 Å². The molecule has 2 aliphatic rings. The number of allylic oxidation sites excluding steroid dienone is 2. The minimum absolute atomic E-state index is 0.00736. The highest BCUT2D eigenvalue weighted by molar-refractivity contribution is 6.00. The van der Waals surface area contributed by atoms with Gasteiger partial charge >= 0.3 is 0 Å². The summed E-state index contributed by atoms with van der Waals surface area (Å²) in [5.41, 5.74) is 7.84. The fourth-order valence-corrected chi connectivity index (χ4v) is 4.97. The molecule has 11 nitrogen and oxygen atoms in total. The second-order valence-corrected chi connectivity index (χ2v) is 10.9. The summed E-state index contributed by atoms with van der Waals surface area (Å²) in [6, 6.07) is 9.42. The second kappa shape index (κ2) is 17.0. The Morgan fingerprint density at radius 1 is 0.979 bits per heavy atom. The van der Waals surface area contributed by atoms with Gasteiger partial charge in [-0.2, -0.15) is 0 Å². The van der Waals surface area contributed by atoms with Gasteiger partial charge in [-0.05, 0) is 79.6 Å². The van der Waals surface area contributed by atoms with E-state index < -0.39 is 5.91 Å². The zero-order valence-corrected chi connectivity index (χ0v) is 29.0. The molecule has 1 fully saturated rings. The van der Waals surface area contributed by atoms with Gasteiger partial charge in [0.05, 0.1) is 5.69 Å². The third kappa shape index (κ3) is 9.02. The van der Waals surface area contributed by atoms with Crippen LogP contribution in [0.1, 0.15) is 79.0 Å².